The van der Waals surface area contributed by atoms with Gasteiger partial charge < -0.3 is 19.5 Å². The molecule has 25 heavy (non-hydrogen) atoms. The molecule has 0 saturated heterocycles. The second-order valence-corrected chi connectivity index (χ2v) is 5.86. The van der Waals surface area contributed by atoms with Gasteiger partial charge in [-0.3, -0.25) is 0 Å². The number of aromatic nitrogens is 3. The van der Waals surface area contributed by atoms with Crippen molar-refractivity contribution in [3.05, 3.63) is 41.4 Å². The van der Waals surface area contributed by atoms with Gasteiger partial charge in [0.2, 0.25) is 0 Å². The fourth-order valence-electron chi connectivity index (χ4n) is 2.22. The Bertz CT molecular complexity index is 670. The number of halogens is 1. The lowest BCUT2D eigenvalue weighted by Crippen LogP contribution is -2.40. The van der Waals surface area contributed by atoms with Gasteiger partial charge >= 0.3 is 0 Å². The summed E-state index contributed by atoms with van der Waals surface area (Å²) in [7, 11) is 1.98. The molecule has 0 saturated carbocycles. The third-order valence-corrected chi connectivity index (χ3v) is 3.86. The largest absolute Gasteiger partial charge is 0.492 e. The molecule has 0 bridgehead atoms. The molecule has 0 unspecified atom stereocenters. The molecule has 0 aliphatic rings. The highest BCUT2D eigenvalue weighted by molar-refractivity contribution is 6.30. The zero-order valence-electron chi connectivity index (χ0n) is 14.9. The molecule has 0 fully saturated rings. The van der Waals surface area contributed by atoms with Crippen LogP contribution in [0, 0.1) is 0 Å². The number of guanidine groups is 1. The predicted octanol–water partition coefficient (Wildman–Crippen LogP) is 2.43. The Hall–Kier alpha value is -2.28. The fourth-order valence-corrected chi connectivity index (χ4v) is 2.34. The number of aryl methyl sites for hydroxylation is 1. The number of rotatable bonds is 8. The molecule has 136 valence electrons. The maximum absolute atomic E-state index is 5.87. The number of likely N-dealkylation sites (N-methyl/N-ethyl adjacent to an activating group) is 1. The van der Waals surface area contributed by atoms with Crippen LogP contribution < -0.4 is 10.1 Å². The molecule has 0 radical (unpaired) electrons. The molecule has 0 atom stereocenters. The second kappa shape index (κ2) is 9.88. The van der Waals surface area contributed by atoms with E-state index in [1.165, 1.54) is 0 Å². The molecule has 7 nitrogen and oxygen atoms in total. The second-order valence-electron chi connectivity index (χ2n) is 5.43. The van der Waals surface area contributed by atoms with Crippen LogP contribution in [-0.4, -0.2) is 52.4 Å². The van der Waals surface area contributed by atoms with Crippen molar-refractivity contribution >= 4 is 17.6 Å². The molecular weight excluding hydrogens is 340 g/mol. The van der Waals surface area contributed by atoms with Crippen molar-refractivity contribution in [1.82, 2.24) is 25.0 Å². The summed E-state index contributed by atoms with van der Waals surface area (Å²) in [6.45, 7) is 7.46. The lowest BCUT2D eigenvalue weighted by molar-refractivity contribution is 0.281. The Labute approximate surface area is 153 Å². The van der Waals surface area contributed by atoms with Gasteiger partial charge in [-0.05, 0) is 38.1 Å². The van der Waals surface area contributed by atoms with Crippen molar-refractivity contribution in [3.63, 3.8) is 0 Å². The summed E-state index contributed by atoms with van der Waals surface area (Å²) in [5, 5.41) is 12.0. The first kappa shape index (κ1) is 19.1. The molecule has 0 aliphatic heterocycles. The van der Waals surface area contributed by atoms with Crippen molar-refractivity contribution < 1.29 is 4.74 Å². The van der Waals surface area contributed by atoms with Crippen molar-refractivity contribution in [2.75, 3.05) is 26.7 Å². The van der Waals surface area contributed by atoms with Crippen LogP contribution in [0.5, 0.6) is 5.75 Å². The van der Waals surface area contributed by atoms with Crippen molar-refractivity contribution in [2.24, 2.45) is 4.99 Å². The molecule has 1 heterocycles. The number of aliphatic imine (C=N–C) groups is 1. The molecule has 2 aromatic rings. The summed E-state index contributed by atoms with van der Waals surface area (Å²) in [6, 6.07) is 7.35. The fraction of sp³-hybridized carbons (Fsp3) is 0.471. The van der Waals surface area contributed by atoms with Crippen molar-refractivity contribution in [1.29, 1.82) is 0 Å². The molecular formula is C17H25ClN6O. The van der Waals surface area contributed by atoms with E-state index >= 15 is 0 Å². The molecule has 2 rings (SSSR count). The molecule has 0 spiro atoms. The lowest BCUT2D eigenvalue weighted by Gasteiger charge is -2.22. The van der Waals surface area contributed by atoms with Gasteiger partial charge in [0.15, 0.2) is 11.8 Å². The summed E-state index contributed by atoms with van der Waals surface area (Å²) in [5.41, 5.74) is 0. The van der Waals surface area contributed by atoms with E-state index in [2.05, 4.69) is 27.4 Å². The van der Waals surface area contributed by atoms with Gasteiger partial charge in [0, 0.05) is 25.2 Å². The third kappa shape index (κ3) is 5.94. The lowest BCUT2D eigenvalue weighted by atomic mass is 10.3. The topological polar surface area (TPSA) is 67.6 Å². The van der Waals surface area contributed by atoms with Crippen LogP contribution in [0.15, 0.2) is 35.6 Å². The first-order chi connectivity index (χ1) is 12.1. The SMILES string of the molecule is CCNC(=NCc1nncn1CC)N(C)CCOc1ccc(Cl)cc1. The number of hydrogen-bond acceptors (Lipinski definition) is 4. The Morgan fingerprint density at radius 2 is 2.08 bits per heavy atom. The van der Waals surface area contributed by atoms with Gasteiger partial charge in [-0.2, -0.15) is 0 Å². The van der Waals surface area contributed by atoms with E-state index < -0.39 is 0 Å². The van der Waals surface area contributed by atoms with E-state index in [0.717, 1.165) is 30.6 Å². The quantitative estimate of drug-likeness (QED) is 0.575. The highest BCUT2D eigenvalue weighted by atomic mass is 35.5. The Morgan fingerprint density at radius 1 is 1.32 bits per heavy atom. The minimum absolute atomic E-state index is 0.485. The monoisotopic (exact) mass is 364 g/mol. The first-order valence-corrected chi connectivity index (χ1v) is 8.76. The number of nitrogens with zero attached hydrogens (tertiary/aromatic N) is 5. The smallest absolute Gasteiger partial charge is 0.194 e. The van der Waals surface area contributed by atoms with E-state index in [1.54, 1.807) is 6.33 Å². The van der Waals surface area contributed by atoms with Gasteiger partial charge in [-0.15, -0.1) is 10.2 Å². The molecule has 1 aromatic carbocycles. The summed E-state index contributed by atoms with van der Waals surface area (Å²) >= 11 is 5.87. The number of benzene rings is 1. The van der Waals surface area contributed by atoms with Gasteiger partial charge in [0.05, 0.1) is 6.54 Å². The van der Waals surface area contributed by atoms with E-state index in [-0.39, 0.29) is 0 Å². The minimum atomic E-state index is 0.485. The van der Waals surface area contributed by atoms with Crippen LogP contribution in [0.2, 0.25) is 5.02 Å². The zero-order chi connectivity index (χ0) is 18.1. The van der Waals surface area contributed by atoms with E-state index in [4.69, 9.17) is 16.3 Å². The summed E-state index contributed by atoms with van der Waals surface area (Å²) in [4.78, 5) is 6.67. The number of hydrogen-bond donors (Lipinski definition) is 1. The van der Waals surface area contributed by atoms with Crippen molar-refractivity contribution in [2.45, 2.75) is 26.9 Å². The van der Waals surface area contributed by atoms with Gasteiger partial charge in [-0.25, -0.2) is 4.99 Å². The number of nitrogens with one attached hydrogen (secondary N) is 1. The molecule has 1 aromatic heterocycles. The van der Waals surface area contributed by atoms with Crippen LogP contribution in [0.4, 0.5) is 0 Å². The van der Waals surface area contributed by atoms with E-state index in [0.29, 0.717) is 24.7 Å². The Balaban J connectivity index is 1.89. The van der Waals surface area contributed by atoms with Crippen molar-refractivity contribution in [3.8, 4) is 5.75 Å². The highest BCUT2D eigenvalue weighted by Crippen LogP contribution is 2.15. The van der Waals surface area contributed by atoms with Crippen LogP contribution in [0.1, 0.15) is 19.7 Å². The standard InChI is InChI=1S/C17H25ClN6O/c1-4-19-17(20-12-16-22-21-13-24(16)5-2)23(3)10-11-25-15-8-6-14(18)7-9-15/h6-9,13H,4-5,10-12H2,1-3H3,(H,19,20). The summed E-state index contributed by atoms with van der Waals surface area (Å²) in [5.74, 6) is 2.47. The number of ether oxygens (including phenoxy) is 1. The highest BCUT2D eigenvalue weighted by Gasteiger charge is 2.08. The predicted molar refractivity (Wildman–Crippen MR) is 100 cm³/mol. The van der Waals surface area contributed by atoms with Crippen LogP contribution in [0.25, 0.3) is 0 Å². The summed E-state index contributed by atoms with van der Waals surface area (Å²) < 4.78 is 7.72. The molecule has 1 N–H and O–H groups in total. The van der Waals surface area contributed by atoms with Gasteiger partial charge in [0.25, 0.3) is 0 Å². The van der Waals surface area contributed by atoms with Crippen LogP contribution in [0.3, 0.4) is 0 Å². The first-order valence-electron chi connectivity index (χ1n) is 8.38. The zero-order valence-corrected chi connectivity index (χ0v) is 15.7. The van der Waals surface area contributed by atoms with Crippen LogP contribution >= 0.6 is 11.6 Å². The average molecular weight is 365 g/mol. The Morgan fingerprint density at radius 3 is 2.76 bits per heavy atom. The molecule has 0 amide bonds. The van der Waals surface area contributed by atoms with Crippen LogP contribution in [-0.2, 0) is 13.1 Å². The summed E-state index contributed by atoms with van der Waals surface area (Å²) in [6.07, 6.45) is 1.72. The average Bonchev–Trinajstić information content (AvgIpc) is 3.07. The molecule has 8 heteroatoms. The maximum Gasteiger partial charge on any atom is 0.194 e. The minimum Gasteiger partial charge on any atom is -0.492 e. The molecule has 0 aliphatic carbocycles. The maximum atomic E-state index is 5.87. The normalized spacial score (nSPS) is 11.4. The Kier molecular flexibility index (Phi) is 7.53. The van der Waals surface area contributed by atoms with Gasteiger partial charge in [-0.1, -0.05) is 11.6 Å². The third-order valence-electron chi connectivity index (χ3n) is 3.61. The van der Waals surface area contributed by atoms with E-state index in [9.17, 15) is 0 Å². The van der Waals surface area contributed by atoms with Gasteiger partial charge in [0.1, 0.15) is 25.2 Å². The van der Waals surface area contributed by atoms with E-state index in [1.807, 2.05) is 47.7 Å².